The molecule has 1 saturated heterocycles. The van der Waals surface area contributed by atoms with Crippen LogP contribution in [0.3, 0.4) is 0 Å². The standard InChI is InChI=1S/C13H19N3O2S/c1-10-7-13(14-8-12(10)16(17)18)15-6-4-3-5-11(9-15)19-2/h7-8,11H,3-6,9H2,1-2H3. The molecule has 19 heavy (non-hydrogen) atoms. The summed E-state index contributed by atoms with van der Waals surface area (Å²) in [5, 5.41) is 11.4. The first-order valence-corrected chi connectivity index (χ1v) is 7.79. The van der Waals surface area contributed by atoms with Gasteiger partial charge in [-0.1, -0.05) is 6.42 Å². The van der Waals surface area contributed by atoms with E-state index in [9.17, 15) is 10.1 Å². The van der Waals surface area contributed by atoms with E-state index < -0.39 is 0 Å². The maximum atomic E-state index is 10.8. The second-order valence-electron chi connectivity index (χ2n) is 4.89. The van der Waals surface area contributed by atoms with Crippen LogP contribution in [-0.2, 0) is 0 Å². The fraction of sp³-hybridized carbons (Fsp3) is 0.615. The molecule has 1 aromatic rings. The average molecular weight is 281 g/mol. The molecular formula is C13H19N3O2S. The lowest BCUT2D eigenvalue weighted by molar-refractivity contribution is -0.385. The third-order valence-electron chi connectivity index (χ3n) is 3.55. The predicted octanol–water partition coefficient (Wildman–Crippen LogP) is 3.02. The summed E-state index contributed by atoms with van der Waals surface area (Å²) in [7, 11) is 0. The Morgan fingerprint density at radius 2 is 2.32 bits per heavy atom. The van der Waals surface area contributed by atoms with Crippen LogP contribution < -0.4 is 4.90 Å². The SMILES string of the molecule is CSC1CCCCN(c2cc(C)c([N+](=O)[O-])cn2)C1. The van der Waals surface area contributed by atoms with Crippen LogP contribution in [-0.4, -0.2) is 34.5 Å². The quantitative estimate of drug-likeness (QED) is 0.629. The van der Waals surface area contributed by atoms with E-state index in [0.29, 0.717) is 10.8 Å². The smallest absolute Gasteiger partial charge is 0.290 e. The Morgan fingerprint density at radius 3 is 2.95 bits per heavy atom. The van der Waals surface area contributed by atoms with Crippen LogP contribution in [0.15, 0.2) is 12.3 Å². The van der Waals surface area contributed by atoms with Gasteiger partial charge in [0.05, 0.1) is 4.92 Å². The van der Waals surface area contributed by atoms with Gasteiger partial charge < -0.3 is 4.90 Å². The number of hydrogen-bond donors (Lipinski definition) is 0. The molecule has 0 radical (unpaired) electrons. The van der Waals surface area contributed by atoms with Gasteiger partial charge in [0.25, 0.3) is 5.69 Å². The van der Waals surface area contributed by atoms with Crippen molar-refractivity contribution in [2.45, 2.75) is 31.4 Å². The minimum atomic E-state index is -0.376. The molecule has 1 aliphatic heterocycles. The fourth-order valence-electron chi connectivity index (χ4n) is 2.40. The molecule has 1 aromatic heterocycles. The van der Waals surface area contributed by atoms with Crippen molar-refractivity contribution in [2.75, 3.05) is 24.2 Å². The van der Waals surface area contributed by atoms with Crippen molar-refractivity contribution in [3.8, 4) is 0 Å². The molecular weight excluding hydrogens is 262 g/mol. The first-order valence-electron chi connectivity index (χ1n) is 6.50. The van der Waals surface area contributed by atoms with Crippen LogP contribution in [0, 0.1) is 17.0 Å². The third kappa shape index (κ3) is 3.37. The first kappa shape index (κ1) is 14.1. The van der Waals surface area contributed by atoms with Crippen molar-refractivity contribution in [3.05, 3.63) is 27.9 Å². The maximum Gasteiger partial charge on any atom is 0.290 e. The van der Waals surface area contributed by atoms with Gasteiger partial charge in [-0.25, -0.2) is 4.98 Å². The van der Waals surface area contributed by atoms with E-state index in [0.717, 1.165) is 25.3 Å². The number of thioether (sulfide) groups is 1. The zero-order valence-corrected chi connectivity index (χ0v) is 12.2. The number of aryl methyl sites for hydroxylation is 1. The highest BCUT2D eigenvalue weighted by Gasteiger charge is 2.20. The largest absolute Gasteiger partial charge is 0.355 e. The highest BCUT2D eigenvalue weighted by atomic mass is 32.2. The van der Waals surface area contributed by atoms with E-state index in [1.54, 1.807) is 6.92 Å². The zero-order chi connectivity index (χ0) is 13.8. The minimum Gasteiger partial charge on any atom is -0.355 e. The molecule has 0 N–H and O–H groups in total. The van der Waals surface area contributed by atoms with Crippen LogP contribution in [0.25, 0.3) is 0 Å². The minimum absolute atomic E-state index is 0.0972. The van der Waals surface area contributed by atoms with E-state index in [-0.39, 0.29) is 10.6 Å². The second kappa shape index (κ2) is 6.23. The lowest BCUT2D eigenvalue weighted by Crippen LogP contribution is -2.30. The average Bonchev–Trinajstić information content (AvgIpc) is 2.63. The summed E-state index contributed by atoms with van der Waals surface area (Å²) in [5.74, 6) is 0.865. The van der Waals surface area contributed by atoms with Gasteiger partial charge in [-0.2, -0.15) is 11.8 Å². The molecule has 5 nitrogen and oxygen atoms in total. The zero-order valence-electron chi connectivity index (χ0n) is 11.3. The summed E-state index contributed by atoms with van der Waals surface area (Å²) in [6.07, 6.45) is 7.17. The van der Waals surface area contributed by atoms with Crippen LogP contribution >= 0.6 is 11.8 Å². The Morgan fingerprint density at radius 1 is 1.53 bits per heavy atom. The Balaban J connectivity index is 2.20. The molecule has 0 amide bonds. The summed E-state index contributed by atoms with van der Waals surface area (Å²) >= 11 is 1.89. The molecule has 0 aromatic carbocycles. The van der Waals surface area contributed by atoms with E-state index in [1.165, 1.54) is 19.0 Å². The lowest BCUT2D eigenvalue weighted by atomic mass is 10.2. The maximum absolute atomic E-state index is 10.8. The first-order chi connectivity index (χ1) is 9.11. The molecule has 0 aliphatic carbocycles. The third-order valence-corrected chi connectivity index (χ3v) is 4.60. The van der Waals surface area contributed by atoms with Crippen molar-refractivity contribution in [2.24, 2.45) is 0 Å². The van der Waals surface area contributed by atoms with Crippen molar-refractivity contribution in [1.82, 2.24) is 4.98 Å². The molecule has 1 atom stereocenters. The van der Waals surface area contributed by atoms with Gasteiger partial charge in [0.15, 0.2) is 0 Å². The number of anilines is 1. The van der Waals surface area contributed by atoms with Crippen LogP contribution in [0.2, 0.25) is 0 Å². The number of aromatic nitrogens is 1. The number of nitrogens with zero attached hydrogens (tertiary/aromatic N) is 3. The topological polar surface area (TPSA) is 59.3 Å². The normalized spacial score (nSPS) is 20.1. The summed E-state index contributed by atoms with van der Waals surface area (Å²) in [6, 6.07) is 1.83. The Hall–Kier alpha value is -1.30. The molecule has 2 rings (SSSR count). The number of hydrogen-bond acceptors (Lipinski definition) is 5. The van der Waals surface area contributed by atoms with Crippen molar-refractivity contribution < 1.29 is 4.92 Å². The fourth-order valence-corrected chi connectivity index (χ4v) is 3.13. The van der Waals surface area contributed by atoms with Crippen LogP contribution in [0.1, 0.15) is 24.8 Å². The summed E-state index contributed by atoms with van der Waals surface area (Å²) in [4.78, 5) is 17.0. The highest BCUT2D eigenvalue weighted by molar-refractivity contribution is 7.99. The monoisotopic (exact) mass is 281 g/mol. The molecule has 1 aliphatic rings. The number of rotatable bonds is 3. The molecule has 0 saturated carbocycles. The highest BCUT2D eigenvalue weighted by Crippen LogP contribution is 2.26. The molecule has 0 spiro atoms. The van der Waals surface area contributed by atoms with Gasteiger partial charge >= 0.3 is 0 Å². The van der Waals surface area contributed by atoms with Gasteiger partial charge in [-0.3, -0.25) is 10.1 Å². The van der Waals surface area contributed by atoms with Crippen LogP contribution in [0.5, 0.6) is 0 Å². The number of pyridine rings is 1. The Kier molecular flexibility index (Phi) is 4.63. The van der Waals surface area contributed by atoms with Crippen molar-refractivity contribution in [1.29, 1.82) is 0 Å². The van der Waals surface area contributed by atoms with E-state index in [1.807, 2.05) is 17.8 Å². The Labute approximate surface area is 117 Å². The van der Waals surface area contributed by atoms with Gasteiger partial charge in [0.2, 0.25) is 0 Å². The number of nitro groups is 1. The van der Waals surface area contributed by atoms with Gasteiger partial charge in [-0.15, -0.1) is 0 Å². The summed E-state index contributed by atoms with van der Waals surface area (Å²) < 4.78 is 0. The molecule has 104 valence electrons. The lowest BCUT2D eigenvalue weighted by Gasteiger charge is -2.24. The summed E-state index contributed by atoms with van der Waals surface area (Å²) in [6.45, 7) is 3.74. The van der Waals surface area contributed by atoms with E-state index >= 15 is 0 Å². The molecule has 1 fully saturated rings. The van der Waals surface area contributed by atoms with Crippen molar-refractivity contribution >= 4 is 23.3 Å². The van der Waals surface area contributed by atoms with Gasteiger partial charge in [-0.05, 0) is 32.1 Å². The van der Waals surface area contributed by atoms with Gasteiger partial charge in [0.1, 0.15) is 12.0 Å². The summed E-state index contributed by atoms with van der Waals surface area (Å²) in [5.41, 5.74) is 0.778. The molecule has 0 bridgehead atoms. The second-order valence-corrected chi connectivity index (χ2v) is 6.02. The van der Waals surface area contributed by atoms with Gasteiger partial charge in [0, 0.05) is 23.9 Å². The Bertz CT molecular complexity index is 467. The van der Waals surface area contributed by atoms with E-state index in [4.69, 9.17) is 0 Å². The predicted molar refractivity (Wildman–Crippen MR) is 79.0 cm³/mol. The molecule has 1 unspecified atom stereocenters. The molecule has 2 heterocycles. The van der Waals surface area contributed by atoms with Crippen molar-refractivity contribution in [3.63, 3.8) is 0 Å². The van der Waals surface area contributed by atoms with Crippen LogP contribution in [0.4, 0.5) is 11.5 Å². The molecule has 6 heteroatoms. The van der Waals surface area contributed by atoms with E-state index in [2.05, 4.69) is 16.1 Å².